The molecule has 0 bridgehead atoms. The Balaban J connectivity index is 1.78. The molecule has 1 saturated heterocycles. The van der Waals surface area contributed by atoms with Gasteiger partial charge in [-0.1, -0.05) is 30.7 Å². The Morgan fingerprint density at radius 1 is 1.09 bits per heavy atom. The van der Waals surface area contributed by atoms with Crippen LogP contribution in [-0.2, 0) is 20.6 Å². The van der Waals surface area contributed by atoms with Crippen LogP contribution in [0.25, 0.3) is 0 Å². The first-order chi connectivity index (χ1) is 14.9. The predicted octanol–water partition coefficient (Wildman–Crippen LogP) is 5.58. The van der Waals surface area contributed by atoms with Gasteiger partial charge in [-0.25, -0.2) is 0 Å². The Morgan fingerprint density at radius 3 is 2.50 bits per heavy atom. The topological polar surface area (TPSA) is 40.6 Å². The number of thioether (sulfide) groups is 1. The molecule has 0 N–H and O–H groups in total. The number of benzene rings is 2. The summed E-state index contributed by atoms with van der Waals surface area (Å²) in [5.74, 6) is -0.399. The van der Waals surface area contributed by atoms with E-state index in [1.807, 2.05) is 26.8 Å². The van der Waals surface area contributed by atoms with Crippen LogP contribution in [0.15, 0.2) is 36.4 Å². The summed E-state index contributed by atoms with van der Waals surface area (Å²) in [7, 11) is 0. The molecule has 2 atom stereocenters. The number of carbonyl (C=O) groups is 2. The van der Waals surface area contributed by atoms with Gasteiger partial charge in [0.1, 0.15) is 0 Å². The largest absolute Gasteiger partial charge is 0.416 e. The molecule has 32 heavy (non-hydrogen) atoms. The fourth-order valence-corrected chi connectivity index (χ4v) is 6.88. The first-order valence-corrected chi connectivity index (χ1v) is 11.5. The standard InChI is InChI=1S/C24H23F3N2O2S/c1-13-8-17-14(2)11-22(3,4)29-20(17)18(9-13)23(21(29)31)28(19(30)12-32-23)16-7-5-6-15(10-16)24(25,26)27/h5-10,14H,11-12H2,1-4H3/t14-,23+/m0/s1. The van der Waals surface area contributed by atoms with Gasteiger partial charge < -0.3 is 4.90 Å². The zero-order chi connectivity index (χ0) is 23.2. The number of nitrogens with zero attached hydrogens (tertiary/aromatic N) is 2. The second-order valence-corrected chi connectivity index (χ2v) is 10.7. The number of hydrogen-bond donors (Lipinski definition) is 0. The van der Waals surface area contributed by atoms with Gasteiger partial charge in [-0.05, 0) is 56.9 Å². The van der Waals surface area contributed by atoms with Crippen molar-refractivity contribution >= 4 is 35.0 Å². The Labute approximate surface area is 188 Å². The van der Waals surface area contributed by atoms with Gasteiger partial charge in [-0.15, -0.1) is 11.8 Å². The number of halogens is 3. The Bertz CT molecular complexity index is 1180. The van der Waals surface area contributed by atoms with E-state index in [9.17, 15) is 22.8 Å². The molecule has 8 heteroatoms. The average Bonchev–Trinajstić information content (AvgIpc) is 3.16. The van der Waals surface area contributed by atoms with Crippen molar-refractivity contribution in [1.82, 2.24) is 0 Å². The van der Waals surface area contributed by atoms with Gasteiger partial charge in [-0.2, -0.15) is 13.2 Å². The van der Waals surface area contributed by atoms with Crippen LogP contribution in [0, 0.1) is 6.92 Å². The van der Waals surface area contributed by atoms with Crippen molar-refractivity contribution in [1.29, 1.82) is 0 Å². The van der Waals surface area contributed by atoms with Crippen molar-refractivity contribution in [2.24, 2.45) is 0 Å². The number of amides is 2. The molecule has 2 amide bonds. The van der Waals surface area contributed by atoms with Crippen molar-refractivity contribution in [2.45, 2.75) is 56.6 Å². The third-order valence-electron chi connectivity index (χ3n) is 6.71. The molecule has 168 valence electrons. The van der Waals surface area contributed by atoms with Crippen LogP contribution < -0.4 is 9.80 Å². The highest BCUT2D eigenvalue weighted by Gasteiger charge is 2.64. The summed E-state index contributed by atoms with van der Waals surface area (Å²) in [4.78, 5) is 28.9. The lowest BCUT2D eigenvalue weighted by molar-refractivity contribution is -0.137. The van der Waals surface area contributed by atoms with E-state index in [0.29, 0.717) is 5.56 Å². The second kappa shape index (κ2) is 6.53. The number of hydrogen-bond acceptors (Lipinski definition) is 3. The maximum Gasteiger partial charge on any atom is 0.416 e. The van der Waals surface area contributed by atoms with Gasteiger partial charge in [-0.3, -0.25) is 14.5 Å². The fourth-order valence-electron chi connectivity index (χ4n) is 5.56. The van der Waals surface area contributed by atoms with Gasteiger partial charge >= 0.3 is 6.18 Å². The highest BCUT2D eigenvalue weighted by Crippen LogP contribution is 2.61. The molecule has 1 spiro atoms. The Kier molecular flexibility index (Phi) is 4.36. The van der Waals surface area contributed by atoms with E-state index in [0.717, 1.165) is 35.4 Å². The molecule has 4 nitrogen and oxygen atoms in total. The minimum Gasteiger partial charge on any atom is -0.303 e. The third-order valence-corrected chi connectivity index (χ3v) is 8.09. The van der Waals surface area contributed by atoms with E-state index in [-0.39, 0.29) is 29.2 Å². The molecule has 2 aromatic rings. The van der Waals surface area contributed by atoms with Crippen LogP contribution >= 0.6 is 11.8 Å². The molecular formula is C24H23F3N2O2S. The smallest absolute Gasteiger partial charge is 0.303 e. The van der Waals surface area contributed by atoms with E-state index in [2.05, 4.69) is 13.0 Å². The van der Waals surface area contributed by atoms with Crippen LogP contribution in [0.4, 0.5) is 24.5 Å². The lowest BCUT2D eigenvalue weighted by Gasteiger charge is -2.44. The number of fused-ring (bicyclic) bond motifs is 1. The molecule has 0 aliphatic carbocycles. The van der Waals surface area contributed by atoms with Gasteiger partial charge in [0.05, 0.1) is 17.0 Å². The van der Waals surface area contributed by atoms with Gasteiger partial charge in [0.25, 0.3) is 5.91 Å². The normalized spacial score (nSPS) is 26.3. The minimum atomic E-state index is -4.55. The maximum atomic E-state index is 14.1. The van der Waals surface area contributed by atoms with Crippen LogP contribution in [0.2, 0.25) is 0 Å². The molecule has 0 unspecified atom stereocenters. The van der Waals surface area contributed by atoms with Crippen molar-refractivity contribution < 1.29 is 22.8 Å². The van der Waals surface area contributed by atoms with Crippen LogP contribution in [0.3, 0.4) is 0 Å². The number of rotatable bonds is 1. The summed E-state index contributed by atoms with van der Waals surface area (Å²) >= 11 is 1.20. The van der Waals surface area contributed by atoms with E-state index in [1.165, 1.54) is 28.8 Å². The summed E-state index contributed by atoms with van der Waals surface area (Å²) in [6, 6.07) is 8.69. The zero-order valence-electron chi connectivity index (χ0n) is 18.2. The maximum absolute atomic E-state index is 14.1. The number of anilines is 2. The minimum absolute atomic E-state index is 0.0223. The summed E-state index contributed by atoms with van der Waals surface area (Å²) in [6.45, 7) is 8.08. The van der Waals surface area contributed by atoms with E-state index >= 15 is 0 Å². The van der Waals surface area contributed by atoms with Crippen molar-refractivity contribution in [3.05, 3.63) is 58.7 Å². The molecule has 0 saturated carbocycles. The second-order valence-electron chi connectivity index (χ2n) is 9.52. The highest BCUT2D eigenvalue weighted by molar-refractivity contribution is 8.02. The summed E-state index contributed by atoms with van der Waals surface area (Å²) in [6.07, 6.45) is -3.79. The predicted molar refractivity (Wildman–Crippen MR) is 119 cm³/mol. The van der Waals surface area contributed by atoms with Gasteiger partial charge in [0.15, 0.2) is 0 Å². The van der Waals surface area contributed by atoms with E-state index < -0.39 is 22.1 Å². The molecule has 3 heterocycles. The number of aryl methyl sites for hydroxylation is 1. The molecule has 0 radical (unpaired) electrons. The van der Waals surface area contributed by atoms with E-state index in [4.69, 9.17) is 0 Å². The molecule has 1 fully saturated rings. The third kappa shape index (κ3) is 2.71. The quantitative estimate of drug-likeness (QED) is 0.558. The number of alkyl halides is 3. The Morgan fingerprint density at radius 2 is 1.81 bits per heavy atom. The van der Waals surface area contributed by atoms with Crippen LogP contribution in [0.5, 0.6) is 0 Å². The lowest BCUT2D eigenvalue weighted by atomic mass is 9.80. The summed E-state index contributed by atoms with van der Waals surface area (Å²) in [5.41, 5.74) is 2.28. The fraction of sp³-hybridized carbons (Fsp3) is 0.417. The summed E-state index contributed by atoms with van der Waals surface area (Å²) < 4.78 is 40.3. The van der Waals surface area contributed by atoms with Crippen LogP contribution in [-0.4, -0.2) is 23.1 Å². The zero-order valence-corrected chi connectivity index (χ0v) is 19.0. The SMILES string of the molecule is Cc1cc2c3c(c1)[C@@]1(SCC(=O)N1c1cccc(C(F)(F)F)c1)C(=O)N3C(C)(C)C[C@@H]2C. The molecule has 3 aliphatic heterocycles. The van der Waals surface area contributed by atoms with E-state index in [1.54, 1.807) is 4.90 Å². The van der Waals surface area contributed by atoms with Crippen molar-refractivity contribution in [3.63, 3.8) is 0 Å². The van der Waals surface area contributed by atoms with Crippen molar-refractivity contribution in [2.75, 3.05) is 15.6 Å². The van der Waals surface area contributed by atoms with Crippen molar-refractivity contribution in [3.8, 4) is 0 Å². The van der Waals surface area contributed by atoms with Crippen LogP contribution in [0.1, 0.15) is 55.4 Å². The number of carbonyl (C=O) groups excluding carboxylic acids is 2. The highest BCUT2D eigenvalue weighted by atomic mass is 32.2. The molecular weight excluding hydrogens is 437 g/mol. The summed E-state index contributed by atoms with van der Waals surface area (Å²) in [5, 5.41) is 0. The molecule has 3 aliphatic rings. The molecule has 0 aromatic heterocycles. The first-order valence-electron chi connectivity index (χ1n) is 10.5. The first kappa shape index (κ1) is 21.4. The molecule has 5 rings (SSSR count). The average molecular weight is 461 g/mol. The monoisotopic (exact) mass is 460 g/mol. The Hall–Kier alpha value is -2.48. The van der Waals surface area contributed by atoms with Gasteiger partial charge in [0.2, 0.25) is 10.8 Å². The van der Waals surface area contributed by atoms with Gasteiger partial charge in [0, 0.05) is 16.8 Å². The lowest BCUT2D eigenvalue weighted by Crippen LogP contribution is -2.56. The molecule has 2 aromatic carbocycles.